The Morgan fingerprint density at radius 1 is 1.53 bits per heavy atom. The van der Waals surface area contributed by atoms with E-state index in [1.165, 1.54) is 0 Å². The Bertz CT molecular complexity index is 349. The highest BCUT2D eigenvalue weighted by Gasteiger charge is 2.06. The lowest BCUT2D eigenvalue weighted by Crippen LogP contribution is -2.24. The number of ether oxygens (including phenoxy) is 1. The van der Waals surface area contributed by atoms with Gasteiger partial charge in [-0.25, -0.2) is 9.97 Å². The van der Waals surface area contributed by atoms with Crippen molar-refractivity contribution in [1.29, 1.82) is 0 Å². The third-order valence-electron chi connectivity index (χ3n) is 2.09. The first-order valence-electron chi connectivity index (χ1n) is 5.60. The van der Waals surface area contributed by atoms with E-state index in [4.69, 9.17) is 16.3 Å². The molecule has 17 heavy (non-hydrogen) atoms. The molecule has 0 aromatic carbocycles. The maximum absolute atomic E-state index is 9.49. The van der Waals surface area contributed by atoms with Crippen molar-refractivity contribution in [2.45, 2.75) is 25.9 Å². The van der Waals surface area contributed by atoms with Crippen molar-refractivity contribution < 1.29 is 9.84 Å². The van der Waals surface area contributed by atoms with Crippen LogP contribution in [0.25, 0.3) is 0 Å². The van der Waals surface area contributed by atoms with Crippen molar-refractivity contribution in [3.05, 3.63) is 17.0 Å². The number of hydrogen-bond donors (Lipinski definition) is 2. The van der Waals surface area contributed by atoms with Crippen LogP contribution in [0.2, 0.25) is 5.15 Å². The molecule has 0 spiro atoms. The zero-order valence-corrected chi connectivity index (χ0v) is 10.9. The van der Waals surface area contributed by atoms with Crippen LogP contribution in [0.3, 0.4) is 0 Å². The van der Waals surface area contributed by atoms with E-state index in [9.17, 15) is 5.11 Å². The maximum atomic E-state index is 9.49. The molecule has 1 aromatic rings. The Labute approximate surface area is 106 Å². The molecule has 0 aliphatic rings. The number of hydrogen-bond acceptors (Lipinski definition) is 5. The number of methoxy groups -OCH3 is 1. The second-order valence-corrected chi connectivity index (χ2v) is 4.12. The number of aliphatic hydroxyl groups excluding tert-OH is 1. The molecule has 0 aliphatic heterocycles. The van der Waals surface area contributed by atoms with Crippen molar-refractivity contribution in [3.8, 4) is 0 Å². The summed E-state index contributed by atoms with van der Waals surface area (Å²) >= 11 is 5.88. The van der Waals surface area contributed by atoms with E-state index in [2.05, 4.69) is 22.2 Å². The van der Waals surface area contributed by atoms with Crippen LogP contribution < -0.4 is 5.32 Å². The Balaban J connectivity index is 2.57. The molecule has 0 saturated carbocycles. The fourth-order valence-electron chi connectivity index (χ4n) is 1.36. The lowest BCUT2D eigenvalue weighted by Gasteiger charge is -2.11. The Hall–Kier alpha value is -0.910. The molecule has 2 N–H and O–H groups in total. The van der Waals surface area contributed by atoms with Crippen molar-refractivity contribution in [3.63, 3.8) is 0 Å². The lowest BCUT2D eigenvalue weighted by atomic mass is 10.3. The van der Waals surface area contributed by atoms with E-state index in [1.807, 2.05) is 0 Å². The highest BCUT2D eigenvalue weighted by Crippen LogP contribution is 2.12. The summed E-state index contributed by atoms with van der Waals surface area (Å²) in [4.78, 5) is 8.41. The molecule has 96 valence electrons. The summed E-state index contributed by atoms with van der Waals surface area (Å²) in [6, 6.07) is 1.64. The fraction of sp³-hybridized carbons (Fsp3) is 0.636. The first kappa shape index (κ1) is 14.2. The first-order valence-corrected chi connectivity index (χ1v) is 5.97. The minimum atomic E-state index is -0.566. The smallest absolute Gasteiger partial charge is 0.134 e. The summed E-state index contributed by atoms with van der Waals surface area (Å²) in [5.74, 6) is 1.34. The summed E-state index contributed by atoms with van der Waals surface area (Å²) in [5, 5.41) is 12.9. The van der Waals surface area contributed by atoms with Crippen LogP contribution >= 0.6 is 11.6 Å². The molecule has 6 heteroatoms. The number of anilines is 1. The SMILES string of the molecule is CCCc1nc(Cl)cc(NCC(O)COC)n1. The summed E-state index contributed by atoms with van der Waals surface area (Å²) in [6.45, 7) is 2.71. The predicted octanol–water partition coefficient (Wildman–Crippen LogP) is 1.50. The van der Waals surface area contributed by atoms with E-state index in [-0.39, 0.29) is 6.61 Å². The monoisotopic (exact) mass is 259 g/mol. The van der Waals surface area contributed by atoms with E-state index >= 15 is 0 Å². The molecular formula is C11H18ClN3O2. The van der Waals surface area contributed by atoms with Gasteiger partial charge in [0.05, 0.1) is 12.7 Å². The van der Waals surface area contributed by atoms with Crippen LogP contribution in [0.5, 0.6) is 0 Å². The van der Waals surface area contributed by atoms with Crippen LogP contribution in [-0.4, -0.2) is 41.4 Å². The minimum absolute atomic E-state index is 0.285. The van der Waals surface area contributed by atoms with Gasteiger partial charge >= 0.3 is 0 Å². The van der Waals surface area contributed by atoms with Crippen LogP contribution in [0.15, 0.2) is 6.07 Å². The predicted molar refractivity (Wildman–Crippen MR) is 67.4 cm³/mol. The molecule has 0 saturated heterocycles. The van der Waals surface area contributed by atoms with Gasteiger partial charge in [-0.1, -0.05) is 18.5 Å². The minimum Gasteiger partial charge on any atom is -0.389 e. The number of aromatic nitrogens is 2. The summed E-state index contributed by atoms with van der Waals surface area (Å²) < 4.78 is 4.83. The zero-order valence-electron chi connectivity index (χ0n) is 10.1. The average Bonchev–Trinajstić information content (AvgIpc) is 2.26. The van der Waals surface area contributed by atoms with Gasteiger partial charge in [-0.15, -0.1) is 0 Å². The Morgan fingerprint density at radius 2 is 2.29 bits per heavy atom. The van der Waals surface area contributed by atoms with E-state index in [0.29, 0.717) is 23.3 Å². The molecule has 0 aliphatic carbocycles. The number of aryl methyl sites for hydroxylation is 1. The van der Waals surface area contributed by atoms with Crippen molar-refractivity contribution >= 4 is 17.4 Å². The Kier molecular flexibility index (Phi) is 6.18. The molecule has 1 unspecified atom stereocenters. The largest absolute Gasteiger partial charge is 0.389 e. The summed E-state index contributed by atoms with van der Waals surface area (Å²) in [7, 11) is 1.55. The molecule has 1 rings (SSSR count). The zero-order chi connectivity index (χ0) is 12.7. The average molecular weight is 260 g/mol. The number of nitrogens with one attached hydrogen (secondary N) is 1. The molecule has 0 bridgehead atoms. The van der Waals surface area contributed by atoms with Crippen LogP contribution in [0, 0.1) is 0 Å². The van der Waals surface area contributed by atoms with Gasteiger partial charge in [0.15, 0.2) is 0 Å². The van der Waals surface area contributed by atoms with Gasteiger partial charge in [0.1, 0.15) is 16.8 Å². The molecular weight excluding hydrogens is 242 g/mol. The van der Waals surface area contributed by atoms with Gasteiger partial charge in [-0.2, -0.15) is 0 Å². The third-order valence-corrected chi connectivity index (χ3v) is 2.29. The molecule has 1 aromatic heterocycles. The number of rotatable bonds is 7. The van der Waals surface area contributed by atoms with Gasteiger partial charge in [0, 0.05) is 26.1 Å². The van der Waals surface area contributed by atoms with Crippen LogP contribution in [-0.2, 0) is 11.2 Å². The highest BCUT2D eigenvalue weighted by molar-refractivity contribution is 6.29. The second-order valence-electron chi connectivity index (χ2n) is 3.73. The third kappa shape index (κ3) is 5.30. The first-order chi connectivity index (χ1) is 8.15. The lowest BCUT2D eigenvalue weighted by molar-refractivity contribution is 0.0727. The molecule has 0 fully saturated rings. The number of halogens is 1. The fourth-order valence-corrected chi connectivity index (χ4v) is 1.57. The van der Waals surface area contributed by atoms with E-state index in [0.717, 1.165) is 12.8 Å². The highest BCUT2D eigenvalue weighted by atomic mass is 35.5. The topological polar surface area (TPSA) is 67.3 Å². The number of aliphatic hydroxyl groups is 1. The van der Waals surface area contributed by atoms with Crippen LogP contribution in [0.1, 0.15) is 19.2 Å². The van der Waals surface area contributed by atoms with Crippen LogP contribution in [0.4, 0.5) is 5.82 Å². The standard InChI is InChI=1S/C11H18ClN3O2/c1-3-4-10-14-9(12)5-11(15-10)13-6-8(16)7-17-2/h5,8,16H,3-4,6-7H2,1-2H3,(H,13,14,15). The van der Waals surface area contributed by atoms with Gasteiger partial charge in [-0.05, 0) is 6.42 Å². The van der Waals surface area contributed by atoms with E-state index < -0.39 is 6.10 Å². The summed E-state index contributed by atoms with van der Waals surface area (Å²) in [5.41, 5.74) is 0. The normalized spacial score (nSPS) is 12.5. The van der Waals surface area contributed by atoms with Crippen molar-refractivity contribution in [1.82, 2.24) is 9.97 Å². The van der Waals surface area contributed by atoms with E-state index in [1.54, 1.807) is 13.2 Å². The number of nitrogens with zero attached hydrogens (tertiary/aromatic N) is 2. The molecule has 5 nitrogen and oxygen atoms in total. The van der Waals surface area contributed by atoms with Gasteiger partial charge < -0.3 is 15.2 Å². The van der Waals surface area contributed by atoms with Gasteiger partial charge in [0.2, 0.25) is 0 Å². The molecule has 1 heterocycles. The van der Waals surface area contributed by atoms with Gasteiger partial charge in [0.25, 0.3) is 0 Å². The second kappa shape index (κ2) is 7.42. The molecule has 1 atom stereocenters. The Morgan fingerprint density at radius 3 is 2.94 bits per heavy atom. The summed E-state index contributed by atoms with van der Waals surface area (Å²) in [6.07, 6.45) is 1.19. The van der Waals surface area contributed by atoms with Crippen molar-refractivity contribution in [2.24, 2.45) is 0 Å². The molecule has 0 amide bonds. The van der Waals surface area contributed by atoms with Crippen molar-refractivity contribution in [2.75, 3.05) is 25.6 Å². The quantitative estimate of drug-likeness (QED) is 0.727. The van der Waals surface area contributed by atoms with Gasteiger partial charge in [-0.3, -0.25) is 0 Å². The maximum Gasteiger partial charge on any atom is 0.134 e. The molecule has 0 radical (unpaired) electrons.